The molecule has 2 heterocycles. The van der Waals surface area contributed by atoms with Crippen LogP contribution < -0.4 is 0 Å². The van der Waals surface area contributed by atoms with Crippen molar-refractivity contribution in [3.63, 3.8) is 0 Å². The van der Waals surface area contributed by atoms with Crippen molar-refractivity contribution in [2.75, 3.05) is 13.2 Å². The lowest BCUT2D eigenvalue weighted by atomic mass is 9.95. The highest BCUT2D eigenvalue weighted by molar-refractivity contribution is 5.91. The summed E-state index contributed by atoms with van der Waals surface area (Å²) >= 11 is 0. The van der Waals surface area contributed by atoms with Crippen LogP contribution >= 0.6 is 0 Å². The van der Waals surface area contributed by atoms with Crippen LogP contribution in [-0.2, 0) is 14.3 Å². The molecule has 0 aromatic rings. The Labute approximate surface area is 101 Å². The number of aliphatic carboxylic acids is 1. The highest BCUT2D eigenvalue weighted by atomic mass is 16.5. The summed E-state index contributed by atoms with van der Waals surface area (Å²) in [4.78, 5) is 25.2. The van der Waals surface area contributed by atoms with E-state index in [0.29, 0.717) is 26.0 Å². The van der Waals surface area contributed by atoms with Crippen LogP contribution in [0.1, 0.15) is 39.5 Å². The van der Waals surface area contributed by atoms with Crippen LogP contribution in [0.2, 0.25) is 0 Å². The molecule has 17 heavy (non-hydrogen) atoms. The van der Waals surface area contributed by atoms with Crippen molar-refractivity contribution in [3.8, 4) is 0 Å². The maximum absolute atomic E-state index is 12.4. The van der Waals surface area contributed by atoms with Crippen molar-refractivity contribution in [1.29, 1.82) is 0 Å². The van der Waals surface area contributed by atoms with Gasteiger partial charge in [0.25, 0.3) is 5.91 Å². The predicted molar refractivity (Wildman–Crippen MR) is 60.6 cm³/mol. The monoisotopic (exact) mass is 241 g/mol. The molecule has 96 valence electrons. The molecule has 0 saturated carbocycles. The summed E-state index contributed by atoms with van der Waals surface area (Å²) in [5, 5.41) is 9.28. The maximum atomic E-state index is 12.4. The summed E-state index contributed by atoms with van der Waals surface area (Å²) < 4.78 is 5.50. The molecule has 0 bridgehead atoms. The van der Waals surface area contributed by atoms with E-state index in [2.05, 4.69) is 0 Å². The summed E-state index contributed by atoms with van der Waals surface area (Å²) in [7, 11) is 0. The first-order valence-corrected chi connectivity index (χ1v) is 6.10. The molecule has 2 rings (SSSR count). The number of carbonyl (C=O) groups is 2. The van der Waals surface area contributed by atoms with E-state index in [1.54, 1.807) is 13.8 Å². The Morgan fingerprint density at radius 1 is 1.24 bits per heavy atom. The number of hydrogen-bond acceptors (Lipinski definition) is 3. The van der Waals surface area contributed by atoms with Crippen molar-refractivity contribution in [2.45, 2.75) is 50.7 Å². The molecule has 2 unspecified atom stereocenters. The molecular formula is C12H19NO4. The highest BCUT2D eigenvalue weighted by Crippen LogP contribution is 2.35. The van der Waals surface area contributed by atoms with E-state index in [-0.39, 0.29) is 5.91 Å². The second-order valence-electron chi connectivity index (χ2n) is 5.32. The molecule has 0 aliphatic carbocycles. The Bertz CT molecular complexity index is 348. The second-order valence-corrected chi connectivity index (χ2v) is 5.32. The number of amides is 1. The van der Waals surface area contributed by atoms with Gasteiger partial charge in [-0.3, -0.25) is 4.79 Å². The zero-order valence-corrected chi connectivity index (χ0v) is 10.4. The van der Waals surface area contributed by atoms with Gasteiger partial charge in [-0.15, -0.1) is 0 Å². The number of carboxylic acids is 1. The normalized spacial score (nSPS) is 37.4. The number of carboxylic acid groups (broad SMARTS) is 1. The van der Waals surface area contributed by atoms with Gasteiger partial charge in [0.1, 0.15) is 11.1 Å². The van der Waals surface area contributed by atoms with Gasteiger partial charge in [-0.1, -0.05) is 0 Å². The van der Waals surface area contributed by atoms with Crippen LogP contribution in [0.5, 0.6) is 0 Å². The summed E-state index contributed by atoms with van der Waals surface area (Å²) in [5.74, 6) is -1.10. The van der Waals surface area contributed by atoms with Crippen molar-refractivity contribution in [3.05, 3.63) is 0 Å². The first-order chi connectivity index (χ1) is 7.90. The van der Waals surface area contributed by atoms with E-state index >= 15 is 0 Å². The fourth-order valence-electron chi connectivity index (χ4n) is 2.74. The smallest absolute Gasteiger partial charge is 0.329 e. The van der Waals surface area contributed by atoms with E-state index in [9.17, 15) is 14.7 Å². The van der Waals surface area contributed by atoms with E-state index in [1.807, 2.05) is 0 Å². The molecule has 0 spiro atoms. The summed E-state index contributed by atoms with van der Waals surface area (Å²) in [5.41, 5.74) is -1.88. The third kappa shape index (κ3) is 1.82. The van der Waals surface area contributed by atoms with Gasteiger partial charge in [-0.25, -0.2) is 4.79 Å². The zero-order chi connectivity index (χ0) is 12.7. The molecule has 0 aromatic carbocycles. The highest BCUT2D eigenvalue weighted by Gasteiger charge is 2.51. The van der Waals surface area contributed by atoms with Crippen molar-refractivity contribution in [2.24, 2.45) is 0 Å². The number of ether oxygens (including phenoxy) is 1. The Morgan fingerprint density at radius 3 is 2.47 bits per heavy atom. The number of nitrogens with zero attached hydrogens (tertiary/aromatic N) is 1. The largest absolute Gasteiger partial charge is 0.480 e. The fraction of sp³-hybridized carbons (Fsp3) is 0.833. The van der Waals surface area contributed by atoms with E-state index < -0.39 is 17.1 Å². The lowest BCUT2D eigenvalue weighted by Gasteiger charge is -2.36. The van der Waals surface area contributed by atoms with E-state index in [0.717, 1.165) is 12.8 Å². The zero-order valence-electron chi connectivity index (χ0n) is 10.4. The average Bonchev–Trinajstić information content (AvgIpc) is 2.86. The van der Waals surface area contributed by atoms with Crippen LogP contribution in [0.3, 0.4) is 0 Å². The Hall–Kier alpha value is -1.10. The summed E-state index contributed by atoms with van der Waals surface area (Å²) in [6.45, 7) is 4.49. The maximum Gasteiger partial charge on any atom is 0.329 e. The summed E-state index contributed by atoms with van der Waals surface area (Å²) in [6.07, 6.45) is 2.80. The van der Waals surface area contributed by atoms with E-state index in [4.69, 9.17) is 4.74 Å². The van der Waals surface area contributed by atoms with Crippen molar-refractivity contribution in [1.82, 2.24) is 4.90 Å². The number of likely N-dealkylation sites (tertiary alicyclic amines) is 1. The first-order valence-electron chi connectivity index (χ1n) is 6.10. The minimum absolute atomic E-state index is 0.169. The third-order valence-corrected chi connectivity index (χ3v) is 4.02. The molecule has 0 aromatic heterocycles. The summed E-state index contributed by atoms with van der Waals surface area (Å²) in [6, 6.07) is 0. The molecular weight excluding hydrogens is 222 g/mol. The average molecular weight is 241 g/mol. The molecule has 5 heteroatoms. The lowest BCUT2D eigenvalue weighted by Crippen LogP contribution is -2.57. The standard InChI is InChI=1S/C12H19NO4/c1-11(10(15)16)5-3-7-13(11)9(14)12(2)6-4-8-17-12/h3-8H2,1-2H3,(H,15,16). The molecule has 2 atom stereocenters. The number of carbonyl (C=O) groups excluding carboxylic acids is 1. The van der Waals surface area contributed by atoms with Gasteiger partial charge >= 0.3 is 5.97 Å². The van der Waals surface area contributed by atoms with Gasteiger partial charge in [-0.05, 0) is 39.5 Å². The molecule has 2 fully saturated rings. The quantitative estimate of drug-likeness (QED) is 0.784. The van der Waals surface area contributed by atoms with Crippen LogP contribution in [-0.4, -0.2) is 46.2 Å². The van der Waals surface area contributed by atoms with Gasteiger partial charge < -0.3 is 14.7 Å². The molecule has 2 aliphatic rings. The SMILES string of the molecule is CC1(C(=O)N2CCCC2(C)C(=O)O)CCCO1. The molecule has 5 nitrogen and oxygen atoms in total. The number of hydrogen-bond donors (Lipinski definition) is 1. The molecule has 0 radical (unpaired) electrons. The topological polar surface area (TPSA) is 66.8 Å². The molecule has 1 N–H and O–H groups in total. The molecule has 2 aliphatic heterocycles. The van der Waals surface area contributed by atoms with E-state index in [1.165, 1.54) is 4.90 Å². The first kappa shape index (κ1) is 12.4. The van der Waals surface area contributed by atoms with Gasteiger partial charge in [0, 0.05) is 13.2 Å². The Balaban J connectivity index is 2.22. The third-order valence-electron chi connectivity index (χ3n) is 4.02. The van der Waals surface area contributed by atoms with Crippen molar-refractivity contribution >= 4 is 11.9 Å². The van der Waals surface area contributed by atoms with Gasteiger partial charge in [-0.2, -0.15) is 0 Å². The van der Waals surface area contributed by atoms with Crippen LogP contribution in [0.4, 0.5) is 0 Å². The van der Waals surface area contributed by atoms with Gasteiger partial charge in [0.05, 0.1) is 0 Å². The van der Waals surface area contributed by atoms with Crippen LogP contribution in [0.15, 0.2) is 0 Å². The molecule has 1 amide bonds. The predicted octanol–water partition coefficient (Wildman–Crippen LogP) is 1.02. The minimum atomic E-state index is -1.06. The number of rotatable bonds is 2. The Morgan fingerprint density at radius 2 is 1.94 bits per heavy atom. The van der Waals surface area contributed by atoms with Gasteiger partial charge in [0.15, 0.2) is 0 Å². The van der Waals surface area contributed by atoms with Crippen LogP contribution in [0, 0.1) is 0 Å². The Kier molecular flexibility index (Phi) is 2.89. The van der Waals surface area contributed by atoms with Gasteiger partial charge in [0.2, 0.25) is 0 Å². The van der Waals surface area contributed by atoms with Crippen molar-refractivity contribution < 1.29 is 19.4 Å². The lowest BCUT2D eigenvalue weighted by molar-refractivity contribution is -0.164. The van der Waals surface area contributed by atoms with Crippen LogP contribution in [0.25, 0.3) is 0 Å². The molecule has 2 saturated heterocycles. The minimum Gasteiger partial charge on any atom is -0.480 e. The second kappa shape index (κ2) is 3.98. The fourth-order valence-corrected chi connectivity index (χ4v) is 2.74.